The smallest absolute Gasteiger partial charge is 0.243 e. The molecule has 0 aromatic heterocycles. The van der Waals surface area contributed by atoms with Gasteiger partial charge in [-0.1, -0.05) is 6.07 Å². The summed E-state index contributed by atoms with van der Waals surface area (Å²) in [5.74, 6) is -1.08. The van der Waals surface area contributed by atoms with Gasteiger partial charge in [0.25, 0.3) is 0 Å². The second-order valence-corrected chi connectivity index (χ2v) is 5.12. The van der Waals surface area contributed by atoms with E-state index in [1.54, 1.807) is 19.1 Å². The molecular formula is C14H18N4O3. The number of hydrogen-bond acceptors (Lipinski definition) is 5. The van der Waals surface area contributed by atoms with Gasteiger partial charge < -0.3 is 11.1 Å². The Hall–Kier alpha value is -2.41. The van der Waals surface area contributed by atoms with Crippen LogP contribution in [0.4, 0.5) is 11.4 Å². The highest BCUT2D eigenvalue weighted by Gasteiger charge is 2.31. The maximum absolute atomic E-state index is 12.1. The molecular weight excluding hydrogens is 272 g/mol. The Morgan fingerprint density at radius 3 is 2.90 bits per heavy atom. The van der Waals surface area contributed by atoms with Crippen molar-refractivity contribution in [3.05, 3.63) is 23.8 Å². The largest absolute Gasteiger partial charge is 0.399 e. The monoisotopic (exact) mass is 290 g/mol. The zero-order valence-electron chi connectivity index (χ0n) is 12.0. The molecule has 2 rings (SSSR count). The molecule has 0 saturated carbocycles. The quantitative estimate of drug-likeness (QED) is 0.531. The summed E-state index contributed by atoms with van der Waals surface area (Å²) in [6, 6.07) is 4.71. The molecule has 1 aromatic carbocycles. The number of anilines is 2. The molecule has 0 aliphatic carbocycles. The number of piperazine rings is 1. The highest BCUT2D eigenvalue weighted by Crippen LogP contribution is 2.18. The fraction of sp³-hybridized carbons (Fsp3) is 0.357. The minimum Gasteiger partial charge on any atom is -0.399 e. The number of nitrogens with zero attached hydrogens (tertiary/aromatic N) is 1. The van der Waals surface area contributed by atoms with Gasteiger partial charge in [0, 0.05) is 11.4 Å². The third-order valence-corrected chi connectivity index (χ3v) is 3.42. The summed E-state index contributed by atoms with van der Waals surface area (Å²) in [5.41, 5.74) is 7.75. The predicted octanol–water partition coefficient (Wildman–Crippen LogP) is -0.137. The Balaban J connectivity index is 2.02. The van der Waals surface area contributed by atoms with Crippen LogP contribution in [0.25, 0.3) is 0 Å². The fourth-order valence-corrected chi connectivity index (χ4v) is 2.11. The van der Waals surface area contributed by atoms with Crippen LogP contribution in [-0.4, -0.2) is 41.8 Å². The third-order valence-electron chi connectivity index (χ3n) is 3.42. The first-order valence-corrected chi connectivity index (χ1v) is 6.60. The molecule has 1 saturated heterocycles. The number of rotatable bonds is 3. The van der Waals surface area contributed by atoms with Crippen molar-refractivity contribution in [2.45, 2.75) is 19.9 Å². The van der Waals surface area contributed by atoms with Gasteiger partial charge in [-0.2, -0.15) is 0 Å². The maximum atomic E-state index is 12.1. The number of nitrogens with two attached hydrogens (primary N) is 1. The van der Waals surface area contributed by atoms with E-state index in [9.17, 15) is 14.4 Å². The summed E-state index contributed by atoms with van der Waals surface area (Å²) in [6.07, 6.45) is 0. The predicted molar refractivity (Wildman–Crippen MR) is 78.4 cm³/mol. The first-order chi connectivity index (χ1) is 9.86. The van der Waals surface area contributed by atoms with E-state index in [1.807, 2.05) is 13.0 Å². The van der Waals surface area contributed by atoms with Crippen LogP contribution in [0.15, 0.2) is 18.2 Å². The minimum atomic E-state index is -0.518. The van der Waals surface area contributed by atoms with Crippen LogP contribution in [-0.2, 0) is 14.4 Å². The number of nitrogen functional groups attached to an aromatic ring is 1. The van der Waals surface area contributed by atoms with E-state index in [0.29, 0.717) is 11.4 Å². The molecule has 7 nitrogen and oxygen atoms in total. The van der Waals surface area contributed by atoms with E-state index >= 15 is 0 Å². The normalized spacial score (nSPS) is 19.2. The van der Waals surface area contributed by atoms with E-state index in [2.05, 4.69) is 10.6 Å². The van der Waals surface area contributed by atoms with Crippen molar-refractivity contribution < 1.29 is 14.4 Å². The number of imide groups is 1. The van der Waals surface area contributed by atoms with E-state index in [-0.39, 0.29) is 24.9 Å². The van der Waals surface area contributed by atoms with E-state index in [0.717, 1.165) is 5.56 Å². The van der Waals surface area contributed by atoms with Gasteiger partial charge in [0.2, 0.25) is 17.7 Å². The molecule has 0 radical (unpaired) electrons. The van der Waals surface area contributed by atoms with Crippen LogP contribution in [0.5, 0.6) is 0 Å². The number of nitrogens with one attached hydrogen (secondary N) is 2. The van der Waals surface area contributed by atoms with E-state index in [1.165, 1.54) is 4.90 Å². The molecule has 1 atom stereocenters. The van der Waals surface area contributed by atoms with Gasteiger partial charge in [-0.25, -0.2) is 0 Å². The summed E-state index contributed by atoms with van der Waals surface area (Å²) in [6.45, 7) is 3.50. The molecule has 1 aliphatic rings. The highest BCUT2D eigenvalue weighted by atomic mass is 16.2. The molecule has 1 fully saturated rings. The van der Waals surface area contributed by atoms with Gasteiger partial charge >= 0.3 is 0 Å². The minimum absolute atomic E-state index is 0.0240. The highest BCUT2D eigenvalue weighted by molar-refractivity contribution is 6.02. The molecule has 21 heavy (non-hydrogen) atoms. The average molecular weight is 290 g/mol. The van der Waals surface area contributed by atoms with Crippen molar-refractivity contribution in [1.29, 1.82) is 0 Å². The maximum Gasteiger partial charge on any atom is 0.243 e. The van der Waals surface area contributed by atoms with Gasteiger partial charge in [0.1, 0.15) is 0 Å². The standard InChI is InChI=1S/C14H18N4O3/c1-8-3-4-10(15)5-11(8)16-12(19)6-18-7-13(20)17-14(21)9(18)2/h3-5,9H,6-7,15H2,1-2H3,(H,16,19)(H,17,20,21). The SMILES string of the molecule is Cc1ccc(N)cc1NC(=O)CN1CC(=O)NC(=O)C1C. The Bertz CT molecular complexity index is 600. The molecule has 1 heterocycles. The first-order valence-electron chi connectivity index (χ1n) is 6.60. The molecule has 4 N–H and O–H groups in total. The molecule has 3 amide bonds. The van der Waals surface area contributed by atoms with E-state index < -0.39 is 11.9 Å². The topological polar surface area (TPSA) is 105 Å². The second-order valence-electron chi connectivity index (χ2n) is 5.12. The van der Waals surface area contributed by atoms with Gasteiger partial charge in [-0.05, 0) is 31.5 Å². The van der Waals surface area contributed by atoms with Crippen LogP contribution < -0.4 is 16.4 Å². The van der Waals surface area contributed by atoms with Gasteiger partial charge in [0.15, 0.2) is 0 Å². The van der Waals surface area contributed by atoms with Crippen molar-refractivity contribution >= 4 is 29.1 Å². The first kappa shape index (κ1) is 15.0. The Labute approximate surface area is 122 Å². The van der Waals surface area contributed by atoms with E-state index in [4.69, 9.17) is 5.73 Å². The molecule has 1 unspecified atom stereocenters. The van der Waals surface area contributed by atoms with Gasteiger partial charge in [-0.15, -0.1) is 0 Å². The third kappa shape index (κ3) is 3.57. The number of amides is 3. The summed E-state index contributed by atoms with van der Waals surface area (Å²) in [5, 5.41) is 4.98. The van der Waals surface area contributed by atoms with Crippen LogP contribution in [0.2, 0.25) is 0 Å². The Kier molecular flexibility index (Phi) is 4.23. The Morgan fingerprint density at radius 1 is 1.48 bits per heavy atom. The van der Waals surface area contributed by atoms with Crippen molar-refractivity contribution in [3.8, 4) is 0 Å². The van der Waals surface area contributed by atoms with Crippen molar-refractivity contribution in [3.63, 3.8) is 0 Å². The lowest BCUT2D eigenvalue weighted by Gasteiger charge is -2.30. The van der Waals surface area contributed by atoms with Gasteiger partial charge in [-0.3, -0.25) is 24.6 Å². The number of hydrogen-bond donors (Lipinski definition) is 3. The molecule has 0 spiro atoms. The number of carbonyl (C=O) groups excluding carboxylic acids is 3. The Morgan fingerprint density at radius 2 is 2.19 bits per heavy atom. The lowest BCUT2D eigenvalue weighted by Crippen LogP contribution is -2.58. The summed E-state index contributed by atoms with van der Waals surface area (Å²) >= 11 is 0. The zero-order chi connectivity index (χ0) is 15.6. The van der Waals surface area contributed by atoms with Crippen LogP contribution in [0, 0.1) is 6.92 Å². The van der Waals surface area contributed by atoms with Gasteiger partial charge in [0.05, 0.1) is 19.1 Å². The van der Waals surface area contributed by atoms with Crippen molar-refractivity contribution in [2.24, 2.45) is 0 Å². The van der Waals surface area contributed by atoms with Crippen LogP contribution in [0.3, 0.4) is 0 Å². The van der Waals surface area contributed by atoms with Crippen LogP contribution >= 0.6 is 0 Å². The number of aryl methyl sites for hydroxylation is 1. The second kappa shape index (κ2) is 5.92. The average Bonchev–Trinajstić information content (AvgIpc) is 2.39. The number of carbonyl (C=O) groups is 3. The summed E-state index contributed by atoms with van der Waals surface area (Å²) in [7, 11) is 0. The van der Waals surface area contributed by atoms with Crippen LogP contribution in [0.1, 0.15) is 12.5 Å². The molecule has 1 aromatic rings. The zero-order valence-corrected chi connectivity index (χ0v) is 12.0. The van der Waals surface area contributed by atoms with Crippen molar-refractivity contribution in [2.75, 3.05) is 24.1 Å². The fourth-order valence-electron chi connectivity index (χ4n) is 2.11. The molecule has 0 bridgehead atoms. The number of benzene rings is 1. The summed E-state index contributed by atoms with van der Waals surface area (Å²) < 4.78 is 0. The molecule has 7 heteroatoms. The lowest BCUT2D eigenvalue weighted by molar-refractivity contribution is -0.140. The molecule has 1 aliphatic heterocycles. The molecule has 112 valence electrons. The lowest BCUT2D eigenvalue weighted by atomic mass is 10.1. The van der Waals surface area contributed by atoms with Crippen molar-refractivity contribution in [1.82, 2.24) is 10.2 Å². The summed E-state index contributed by atoms with van der Waals surface area (Å²) in [4.78, 5) is 36.5.